The molecule has 0 bridgehead atoms. The number of anilines is 2. The van der Waals surface area contributed by atoms with Crippen molar-refractivity contribution in [1.29, 1.82) is 0 Å². The van der Waals surface area contributed by atoms with E-state index in [1.54, 1.807) is 10.8 Å². The highest BCUT2D eigenvalue weighted by Crippen LogP contribution is 2.32. The van der Waals surface area contributed by atoms with Gasteiger partial charge in [-0.25, -0.2) is 19.9 Å². The number of rotatable bonds is 5. The number of nitrogens with zero attached hydrogens (tertiary/aromatic N) is 6. The summed E-state index contributed by atoms with van der Waals surface area (Å²) in [5, 5.41) is 33.7. The van der Waals surface area contributed by atoms with E-state index in [2.05, 4.69) is 30.2 Å². The lowest BCUT2D eigenvalue weighted by Gasteiger charge is -2.18. The Morgan fingerprint density at radius 2 is 2.03 bits per heavy atom. The minimum Gasteiger partial charge on any atom is -0.394 e. The highest BCUT2D eigenvalue weighted by molar-refractivity contribution is 6.30. The minimum absolute atomic E-state index is 0.134. The van der Waals surface area contributed by atoms with E-state index in [1.165, 1.54) is 12.7 Å². The van der Waals surface area contributed by atoms with Crippen LogP contribution in [0.3, 0.4) is 0 Å². The monoisotopic (exact) mass is 447 g/mol. The van der Waals surface area contributed by atoms with Gasteiger partial charge in [-0.3, -0.25) is 4.57 Å². The van der Waals surface area contributed by atoms with Crippen LogP contribution in [0.15, 0.2) is 31.0 Å². The molecule has 3 aromatic heterocycles. The second-order valence-electron chi connectivity index (χ2n) is 7.69. The summed E-state index contributed by atoms with van der Waals surface area (Å²) in [5.74, 6) is 1.45. The third kappa shape index (κ3) is 3.68. The van der Waals surface area contributed by atoms with Crippen LogP contribution in [0, 0.1) is 0 Å². The molecule has 31 heavy (non-hydrogen) atoms. The average molecular weight is 448 g/mol. The van der Waals surface area contributed by atoms with E-state index < -0.39 is 31.1 Å². The second-order valence-corrected chi connectivity index (χ2v) is 8.12. The predicted molar refractivity (Wildman–Crippen MR) is 112 cm³/mol. The highest BCUT2D eigenvalue weighted by Gasteiger charge is 2.44. The molecule has 5 atom stereocenters. The number of ether oxygens (including phenoxy) is 1. The summed E-state index contributed by atoms with van der Waals surface area (Å²) in [7, 11) is 0. The van der Waals surface area contributed by atoms with Crippen molar-refractivity contribution in [1.82, 2.24) is 24.5 Å². The Morgan fingerprint density at radius 3 is 2.77 bits per heavy atom. The zero-order valence-corrected chi connectivity index (χ0v) is 17.2. The van der Waals surface area contributed by atoms with E-state index >= 15 is 0 Å². The van der Waals surface area contributed by atoms with Gasteiger partial charge in [0, 0.05) is 25.3 Å². The van der Waals surface area contributed by atoms with E-state index in [9.17, 15) is 15.3 Å². The zero-order valence-electron chi connectivity index (χ0n) is 16.4. The van der Waals surface area contributed by atoms with E-state index in [0.717, 1.165) is 25.3 Å². The van der Waals surface area contributed by atoms with Crippen LogP contribution >= 0.6 is 11.6 Å². The summed E-state index contributed by atoms with van der Waals surface area (Å²) >= 11 is 5.92. The van der Waals surface area contributed by atoms with E-state index in [0.29, 0.717) is 22.0 Å². The van der Waals surface area contributed by atoms with Gasteiger partial charge in [0.15, 0.2) is 23.2 Å². The highest BCUT2D eigenvalue weighted by atomic mass is 35.5. The van der Waals surface area contributed by atoms with Crippen molar-refractivity contribution in [3.63, 3.8) is 0 Å². The lowest BCUT2D eigenvalue weighted by atomic mass is 10.1. The van der Waals surface area contributed by atoms with E-state index in [4.69, 9.17) is 16.3 Å². The molecule has 0 saturated carbocycles. The largest absolute Gasteiger partial charge is 0.394 e. The molecule has 5 rings (SSSR count). The molecule has 0 aromatic carbocycles. The third-order valence-electron chi connectivity index (χ3n) is 5.71. The molecule has 0 spiro atoms. The van der Waals surface area contributed by atoms with E-state index in [-0.39, 0.29) is 6.04 Å². The number of aromatic nitrogens is 5. The van der Waals surface area contributed by atoms with Crippen molar-refractivity contribution in [3.05, 3.63) is 36.0 Å². The lowest BCUT2D eigenvalue weighted by molar-refractivity contribution is -0.0511. The van der Waals surface area contributed by atoms with Crippen molar-refractivity contribution in [2.45, 2.75) is 37.0 Å². The fourth-order valence-electron chi connectivity index (χ4n) is 4.09. The molecule has 11 nitrogen and oxygen atoms in total. The number of imidazole rings is 1. The maximum Gasteiger partial charge on any atom is 0.167 e. The molecule has 0 aliphatic carbocycles. The number of halogens is 1. The Kier molecular flexibility index (Phi) is 5.36. The van der Waals surface area contributed by atoms with Gasteiger partial charge in [-0.15, -0.1) is 0 Å². The van der Waals surface area contributed by atoms with Crippen LogP contribution < -0.4 is 10.2 Å². The number of pyridine rings is 1. The van der Waals surface area contributed by atoms with Gasteiger partial charge in [0.2, 0.25) is 0 Å². The van der Waals surface area contributed by atoms with Gasteiger partial charge >= 0.3 is 0 Å². The fourth-order valence-corrected chi connectivity index (χ4v) is 4.20. The van der Waals surface area contributed by atoms with Gasteiger partial charge in [0.1, 0.15) is 30.5 Å². The molecule has 2 fully saturated rings. The molecule has 0 radical (unpaired) electrons. The smallest absolute Gasteiger partial charge is 0.167 e. The Bertz CT molecular complexity index is 1070. The Labute approximate surface area is 182 Å². The number of hydrogen-bond acceptors (Lipinski definition) is 10. The van der Waals surface area contributed by atoms with Crippen molar-refractivity contribution in [2.75, 3.05) is 29.9 Å². The minimum atomic E-state index is -1.21. The van der Waals surface area contributed by atoms with Gasteiger partial charge in [-0.05, 0) is 18.6 Å². The Morgan fingerprint density at radius 1 is 1.16 bits per heavy atom. The molecule has 4 N–H and O–H groups in total. The van der Waals surface area contributed by atoms with Crippen molar-refractivity contribution in [2.24, 2.45) is 0 Å². The van der Waals surface area contributed by atoms with E-state index in [1.807, 2.05) is 12.1 Å². The van der Waals surface area contributed by atoms with Crippen LogP contribution in [-0.2, 0) is 4.74 Å². The van der Waals surface area contributed by atoms with Crippen molar-refractivity contribution >= 4 is 34.4 Å². The van der Waals surface area contributed by atoms with Gasteiger partial charge in [0.05, 0.1) is 18.0 Å². The summed E-state index contributed by atoms with van der Waals surface area (Å²) in [6.45, 7) is 1.19. The summed E-state index contributed by atoms with van der Waals surface area (Å²) < 4.78 is 7.15. The quantitative estimate of drug-likeness (QED) is 0.427. The van der Waals surface area contributed by atoms with Crippen molar-refractivity contribution < 1.29 is 20.1 Å². The molecular weight excluding hydrogens is 426 g/mol. The number of hydrogen-bond donors (Lipinski definition) is 4. The summed E-state index contributed by atoms with van der Waals surface area (Å²) in [4.78, 5) is 19.6. The molecule has 2 aliphatic heterocycles. The Balaban J connectivity index is 1.34. The van der Waals surface area contributed by atoms with Crippen LogP contribution in [0.4, 0.5) is 11.6 Å². The van der Waals surface area contributed by atoms with Crippen LogP contribution in [0.25, 0.3) is 11.2 Å². The second kappa shape index (κ2) is 8.17. The molecule has 3 aromatic rings. The molecule has 0 amide bonds. The first-order valence-corrected chi connectivity index (χ1v) is 10.4. The Hall–Kier alpha value is -2.57. The van der Waals surface area contributed by atoms with Crippen LogP contribution in [-0.4, -0.2) is 83.9 Å². The number of nitrogens with one attached hydrogen (secondary N) is 1. The molecule has 12 heteroatoms. The summed E-state index contributed by atoms with van der Waals surface area (Å²) in [5.41, 5.74) is 0.991. The molecule has 5 heterocycles. The summed E-state index contributed by atoms with van der Waals surface area (Å²) in [6, 6.07) is 3.86. The maximum atomic E-state index is 10.3. The number of aliphatic hydroxyl groups is 3. The first-order chi connectivity index (χ1) is 15.0. The van der Waals surface area contributed by atoms with Crippen LogP contribution in [0.5, 0.6) is 0 Å². The van der Waals surface area contributed by atoms with Gasteiger partial charge in [0.25, 0.3) is 0 Å². The SMILES string of the molecule is OCC1OC(n2cnc3c(N[C@H]4CCN(c5ccc(Cl)cn5)C4)ncnc32)C(O)C1O. The number of aliphatic hydroxyl groups excluding tert-OH is 3. The van der Waals surface area contributed by atoms with Crippen molar-refractivity contribution in [3.8, 4) is 0 Å². The first kappa shape index (κ1) is 20.3. The molecule has 4 unspecified atom stereocenters. The van der Waals surface area contributed by atoms with Gasteiger partial charge in [-0.2, -0.15) is 0 Å². The molecule has 2 aliphatic rings. The molecular formula is C19H22ClN7O4. The van der Waals surface area contributed by atoms with Crippen LogP contribution in [0.2, 0.25) is 5.02 Å². The number of fused-ring (bicyclic) bond motifs is 1. The maximum absolute atomic E-state index is 10.3. The van der Waals surface area contributed by atoms with Crippen LogP contribution in [0.1, 0.15) is 12.6 Å². The fraction of sp³-hybridized carbons (Fsp3) is 0.474. The zero-order chi connectivity index (χ0) is 21.5. The normalized spacial score (nSPS) is 28.5. The predicted octanol–water partition coefficient (Wildman–Crippen LogP) is 0.177. The first-order valence-electron chi connectivity index (χ1n) is 9.98. The average Bonchev–Trinajstić information content (AvgIpc) is 3.48. The lowest BCUT2D eigenvalue weighted by Crippen LogP contribution is -2.33. The topological polar surface area (TPSA) is 142 Å². The standard InChI is InChI=1S/C19H22ClN7O4/c20-10-1-2-13(21-5-10)26-4-3-11(6-26)25-17-14-18(23-8-22-17)27(9-24-14)19-16(30)15(29)12(7-28)31-19/h1-2,5,8-9,11-12,15-16,19,28-30H,3-4,6-7H2,(H,22,23,25)/t11-,12?,15?,16?,19?/m0/s1. The molecule has 2 saturated heterocycles. The summed E-state index contributed by atoms with van der Waals surface area (Å²) in [6.07, 6.45) is 1.25. The van der Waals surface area contributed by atoms with Gasteiger partial charge < -0.3 is 30.3 Å². The van der Waals surface area contributed by atoms with Gasteiger partial charge in [-0.1, -0.05) is 11.6 Å². The third-order valence-corrected chi connectivity index (χ3v) is 5.94. The molecule has 164 valence electrons.